The molecule has 0 aliphatic carbocycles. The van der Waals surface area contributed by atoms with Gasteiger partial charge in [-0.2, -0.15) is 0 Å². The maximum absolute atomic E-state index is 6.18. The first-order valence-corrected chi connectivity index (χ1v) is 7.59. The molecule has 110 valence electrons. The Hall–Kier alpha value is -1.13. The molecule has 0 N–H and O–H groups in total. The Balaban J connectivity index is 1.54. The first-order chi connectivity index (χ1) is 9.81. The lowest BCUT2D eigenvalue weighted by Crippen LogP contribution is -2.44. The predicted octanol–water partition coefficient (Wildman–Crippen LogP) is 2.49. The zero-order chi connectivity index (χ0) is 13.8. The number of piperidine rings is 1. The Labute approximate surface area is 121 Å². The van der Waals surface area contributed by atoms with Gasteiger partial charge in [0.05, 0.1) is 12.2 Å². The second kappa shape index (κ2) is 6.10. The largest absolute Gasteiger partial charge is 0.385 e. The Morgan fingerprint density at radius 1 is 1.35 bits per heavy atom. The van der Waals surface area contributed by atoms with Gasteiger partial charge in [-0.3, -0.25) is 4.98 Å². The molecule has 4 nitrogen and oxygen atoms in total. The van der Waals surface area contributed by atoms with E-state index in [1.165, 1.54) is 12.1 Å². The van der Waals surface area contributed by atoms with Crippen LogP contribution in [0.3, 0.4) is 0 Å². The molecular weight excluding hydrogens is 252 g/mol. The summed E-state index contributed by atoms with van der Waals surface area (Å²) < 4.78 is 11.4. The monoisotopic (exact) mass is 276 g/mol. The third-order valence-corrected chi connectivity index (χ3v) is 4.72. The van der Waals surface area contributed by atoms with Gasteiger partial charge in [0.2, 0.25) is 0 Å². The molecule has 1 aromatic rings. The fourth-order valence-electron chi connectivity index (χ4n) is 3.48. The van der Waals surface area contributed by atoms with Crippen LogP contribution in [0.5, 0.6) is 0 Å². The van der Waals surface area contributed by atoms with Gasteiger partial charge >= 0.3 is 0 Å². The van der Waals surface area contributed by atoms with Crippen LogP contribution in [0, 0.1) is 5.92 Å². The summed E-state index contributed by atoms with van der Waals surface area (Å²) in [6.45, 7) is 3.94. The second-order valence-electron chi connectivity index (χ2n) is 6.04. The summed E-state index contributed by atoms with van der Waals surface area (Å²) in [6, 6.07) is 4.18. The highest BCUT2D eigenvalue weighted by molar-refractivity contribution is 5.45. The Kier molecular flexibility index (Phi) is 4.22. The lowest BCUT2D eigenvalue weighted by Gasteiger charge is -2.39. The third-order valence-electron chi connectivity index (χ3n) is 4.72. The molecule has 0 amide bonds. The molecule has 2 saturated heterocycles. The Morgan fingerprint density at radius 2 is 2.10 bits per heavy atom. The maximum Gasteiger partial charge on any atom is 0.0719 e. The van der Waals surface area contributed by atoms with Crippen molar-refractivity contribution in [1.82, 2.24) is 4.98 Å². The van der Waals surface area contributed by atoms with Crippen molar-refractivity contribution >= 4 is 5.69 Å². The van der Waals surface area contributed by atoms with Gasteiger partial charge < -0.3 is 14.4 Å². The van der Waals surface area contributed by atoms with Crippen LogP contribution in [-0.4, -0.2) is 44.0 Å². The number of nitrogens with zero attached hydrogens (tertiary/aromatic N) is 2. The Bertz CT molecular complexity index is 416. The zero-order valence-electron chi connectivity index (χ0n) is 12.3. The summed E-state index contributed by atoms with van der Waals surface area (Å²) in [5.74, 6) is 0.683. The van der Waals surface area contributed by atoms with Gasteiger partial charge in [0.25, 0.3) is 0 Å². The molecule has 0 saturated carbocycles. The smallest absolute Gasteiger partial charge is 0.0719 e. The fourth-order valence-corrected chi connectivity index (χ4v) is 3.48. The third kappa shape index (κ3) is 2.96. The normalized spacial score (nSPS) is 25.2. The molecule has 0 aromatic carbocycles. The van der Waals surface area contributed by atoms with E-state index in [1.807, 2.05) is 12.4 Å². The summed E-state index contributed by atoms with van der Waals surface area (Å²) in [5, 5.41) is 0. The van der Waals surface area contributed by atoms with Crippen molar-refractivity contribution in [2.45, 2.75) is 31.3 Å². The molecule has 0 radical (unpaired) electrons. The molecule has 20 heavy (non-hydrogen) atoms. The minimum absolute atomic E-state index is 0.141. The average Bonchev–Trinajstić information content (AvgIpc) is 2.90. The van der Waals surface area contributed by atoms with Crippen LogP contribution in [0.4, 0.5) is 5.69 Å². The molecule has 3 rings (SSSR count). The van der Waals surface area contributed by atoms with E-state index in [4.69, 9.17) is 9.47 Å². The van der Waals surface area contributed by atoms with Gasteiger partial charge in [-0.1, -0.05) is 0 Å². The lowest BCUT2D eigenvalue weighted by molar-refractivity contribution is -0.0154. The molecule has 2 aliphatic rings. The van der Waals surface area contributed by atoms with E-state index < -0.39 is 0 Å². The number of aromatic nitrogens is 1. The highest BCUT2D eigenvalue weighted by Crippen LogP contribution is 2.40. The molecule has 1 unspecified atom stereocenters. The van der Waals surface area contributed by atoms with Gasteiger partial charge in [0.15, 0.2) is 0 Å². The van der Waals surface area contributed by atoms with Crippen LogP contribution >= 0.6 is 0 Å². The Morgan fingerprint density at radius 3 is 2.80 bits per heavy atom. The predicted molar refractivity (Wildman–Crippen MR) is 79.0 cm³/mol. The van der Waals surface area contributed by atoms with Crippen molar-refractivity contribution < 1.29 is 9.47 Å². The number of methoxy groups -OCH3 is 1. The zero-order valence-corrected chi connectivity index (χ0v) is 12.3. The number of pyridine rings is 1. The molecule has 0 bridgehead atoms. The average molecular weight is 276 g/mol. The number of ether oxygens (including phenoxy) is 2. The highest BCUT2D eigenvalue weighted by Gasteiger charge is 2.42. The van der Waals surface area contributed by atoms with Crippen LogP contribution in [0.15, 0.2) is 24.5 Å². The molecule has 4 heteroatoms. The van der Waals surface area contributed by atoms with E-state index in [9.17, 15) is 0 Å². The molecule has 1 spiro atoms. The van der Waals surface area contributed by atoms with Crippen LogP contribution in [0.1, 0.15) is 25.7 Å². The van der Waals surface area contributed by atoms with Crippen molar-refractivity contribution in [3.63, 3.8) is 0 Å². The van der Waals surface area contributed by atoms with E-state index in [1.54, 1.807) is 7.11 Å². The van der Waals surface area contributed by atoms with Crippen molar-refractivity contribution in [2.75, 3.05) is 38.3 Å². The quantitative estimate of drug-likeness (QED) is 0.846. The molecule has 1 aromatic heterocycles. The second-order valence-corrected chi connectivity index (χ2v) is 6.04. The molecular formula is C16H24N2O2. The van der Waals surface area contributed by atoms with E-state index in [0.29, 0.717) is 5.92 Å². The SMILES string of the molecule is COCCC1COC2(CCN(c3ccncc3)CC2)C1. The summed E-state index contributed by atoms with van der Waals surface area (Å²) in [5.41, 5.74) is 1.42. The van der Waals surface area contributed by atoms with Crippen LogP contribution in [-0.2, 0) is 9.47 Å². The first-order valence-electron chi connectivity index (χ1n) is 7.59. The van der Waals surface area contributed by atoms with Crippen LogP contribution in [0.25, 0.3) is 0 Å². The van der Waals surface area contributed by atoms with E-state index in [2.05, 4.69) is 22.0 Å². The van der Waals surface area contributed by atoms with E-state index >= 15 is 0 Å². The molecule has 3 heterocycles. The number of hydrogen-bond acceptors (Lipinski definition) is 4. The van der Waals surface area contributed by atoms with E-state index in [0.717, 1.165) is 45.6 Å². The minimum atomic E-state index is 0.141. The van der Waals surface area contributed by atoms with Gasteiger partial charge in [-0.05, 0) is 43.7 Å². The maximum atomic E-state index is 6.18. The number of rotatable bonds is 4. The van der Waals surface area contributed by atoms with Crippen LogP contribution < -0.4 is 4.90 Å². The van der Waals surface area contributed by atoms with Crippen molar-refractivity contribution in [2.24, 2.45) is 5.92 Å². The summed E-state index contributed by atoms with van der Waals surface area (Å²) in [7, 11) is 1.78. The number of anilines is 1. The highest BCUT2D eigenvalue weighted by atomic mass is 16.5. The molecule has 1 atom stereocenters. The van der Waals surface area contributed by atoms with Gasteiger partial charge in [0, 0.05) is 44.9 Å². The summed E-state index contributed by atoms with van der Waals surface area (Å²) in [4.78, 5) is 6.53. The van der Waals surface area contributed by atoms with Crippen molar-refractivity contribution in [1.29, 1.82) is 0 Å². The first kappa shape index (κ1) is 13.8. The molecule has 2 aliphatic heterocycles. The standard InChI is InChI=1S/C16H24N2O2/c1-19-11-4-14-12-16(20-13-14)5-9-18(10-6-16)15-2-7-17-8-3-15/h2-3,7-8,14H,4-6,9-13H2,1H3. The van der Waals surface area contributed by atoms with Gasteiger partial charge in [-0.25, -0.2) is 0 Å². The number of hydrogen-bond donors (Lipinski definition) is 0. The minimum Gasteiger partial charge on any atom is -0.385 e. The summed E-state index contributed by atoms with van der Waals surface area (Å²) >= 11 is 0. The van der Waals surface area contributed by atoms with Gasteiger partial charge in [-0.15, -0.1) is 0 Å². The van der Waals surface area contributed by atoms with Crippen LogP contribution in [0.2, 0.25) is 0 Å². The fraction of sp³-hybridized carbons (Fsp3) is 0.688. The van der Waals surface area contributed by atoms with Gasteiger partial charge in [0.1, 0.15) is 0 Å². The topological polar surface area (TPSA) is 34.6 Å². The van der Waals surface area contributed by atoms with E-state index in [-0.39, 0.29) is 5.60 Å². The molecule has 2 fully saturated rings. The summed E-state index contributed by atoms with van der Waals surface area (Å²) in [6.07, 6.45) is 8.35. The lowest BCUT2D eigenvalue weighted by atomic mass is 9.84. The van der Waals surface area contributed by atoms with Crippen molar-refractivity contribution in [3.8, 4) is 0 Å². The van der Waals surface area contributed by atoms with Crippen molar-refractivity contribution in [3.05, 3.63) is 24.5 Å².